The maximum atomic E-state index is 13.7. The van der Waals surface area contributed by atoms with Crippen molar-refractivity contribution in [3.8, 4) is 0 Å². The van der Waals surface area contributed by atoms with Gasteiger partial charge in [0.2, 0.25) is 11.5 Å². The van der Waals surface area contributed by atoms with Crippen LogP contribution in [0.15, 0.2) is 42.5 Å². The number of aryl methyl sites for hydroxylation is 1. The topological polar surface area (TPSA) is 204 Å². The molecule has 3 aliphatic rings. The average Bonchev–Trinajstić information content (AvgIpc) is 3.41. The number of nitrogens with zero attached hydrogens (tertiary/aromatic N) is 2. The SMILES string of the molecule is CNC(=O)Nc1ccc2c(c1)CC[C@@]21OC(=O)N(CC(=O)N(Cc2ccc(F)cc2)C2CC(NS(=O)(=O)NC(=O)O)C2)C1=O. The third-order valence-electron chi connectivity index (χ3n) is 7.82. The fourth-order valence-corrected chi connectivity index (χ4v) is 6.58. The van der Waals surface area contributed by atoms with Gasteiger partial charge in [-0.3, -0.25) is 9.59 Å². The van der Waals surface area contributed by atoms with E-state index < -0.39 is 70.3 Å². The molecule has 2 aromatic rings. The molecule has 2 aliphatic carbocycles. The van der Waals surface area contributed by atoms with Gasteiger partial charge in [-0.15, -0.1) is 0 Å². The van der Waals surface area contributed by atoms with E-state index in [2.05, 4.69) is 15.4 Å². The van der Waals surface area contributed by atoms with Gasteiger partial charge in [0.15, 0.2) is 0 Å². The van der Waals surface area contributed by atoms with Crippen LogP contribution in [-0.4, -0.2) is 79.0 Å². The highest BCUT2D eigenvalue weighted by atomic mass is 32.2. The summed E-state index contributed by atoms with van der Waals surface area (Å²) in [4.78, 5) is 64.8. The minimum atomic E-state index is -4.34. The zero-order valence-electron chi connectivity index (χ0n) is 23.3. The minimum absolute atomic E-state index is 0.0250. The van der Waals surface area contributed by atoms with Crippen LogP contribution < -0.4 is 20.1 Å². The van der Waals surface area contributed by atoms with Crippen LogP contribution in [0.25, 0.3) is 0 Å². The number of hydrogen-bond donors (Lipinski definition) is 5. The number of ether oxygens (including phenoxy) is 1. The highest BCUT2D eigenvalue weighted by molar-refractivity contribution is 7.88. The van der Waals surface area contributed by atoms with E-state index in [4.69, 9.17) is 9.84 Å². The Balaban J connectivity index is 1.31. The molecule has 1 heterocycles. The summed E-state index contributed by atoms with van der Waals surface area (Å²) in [6, 6.07) is 8.58. The lowest BCUT2D eigenvalue weighted by molar-refractivity contribution is -0.144. The van der Waals surface area contributed by atoms with E-state index in [1.54, 1.807) is 18.2 Å². The van der Waals surface area contributed by atoms with Gasteiger partial charge in [-0.2, -0.15) is 13.1 Å². The van der Waals surface area contributed by atoms with Crippen molar-refractivity contribution >= 4 is 45.9 Å². The predicted octanol–water partition coefficient (Wildman–Crippen LogP) is 1.36. The first-order valence-corrected chi connectivity index (χ1v) is 15.0. The molecule has 1 saturated heterocycles. The molecule has 5 N–H and O–H groups in total. The lowest BCUT2D eigenvalue weighted by Crippen LogP contribution is -2.58. The summed E-state index contributed by atoms with van der Waals surface area (Å²) < 4.78 is 46.6. The molecule has 44 heavy (non-hydrogen) atoms. The first kappa shape index (κ1) is 30.7. The van der Waals surface area contributed by atoms with Gasteiger partial charge in [0.05, 0.1) is 0 Å². The summed E-state index contributed by atoms with van der Waals surface area (Å²) in [5, 5.41) is 13.8. The van der Waals surface area contributed by atoms with Crippen LogP contribution in [0.3, 0.4) is 0 Å². The van der Waals surface area contributed by atoms with Crippen LogP contribution in [0, 0.1) is 5.82 Å². The summed E-state index contributed by atoms with van der Waals surface area (Å²) in [5.41, 5.74) is 0.582. The molecule has 1 atom stereocenters. The zero-order chi connectivity index (χ0) is 31.8. The highest BCUT2D eigenvalue weighted by Gasteiger charge is 2.58. The molecule has 0 radical (unpaired) electrons. The number of hydrogen-bond acceptors (Lipinski definition) is 8. The van der Waals surface area contributed by atoms with Crippen molar-refractivity contribution < 1.29 is 46.6 Å². The van der Waals surface area contributed by atoms with Crippen molar-refractivity contribution in [3.05, 3.63) is 65.0 Å². The Kier molecular flexibility index (Phi) is 8.17. The monoisotopic (exact) mass is 632 g/mol. The van der Waals surface area contributed by atoms with Crippen LogP contribution in [0.1, 0.15) is 36.0 Å². The first-order valence-electron chi connectivity index (χ1n) is 13.5. The van der Waals surface area contributed by atoms with Crippen molar-refractivity contribution in [2.75, 3.05) is 18.9 Å². The van der Waals surface area contributed by atoms with Gasteiger partial charge in [0.25, 0.3) is 5.91 Å². The Hall–Kier alpha value is -4.77. The maximum Gasteiger partial charge on any atom is 0.419 e. The van der Waals surface area contributed by atoms with Gasteiger partial charge < -0.3 is 25.4 Å². The minimum Gasteiger partial charge on any atom is -0.464 e. The Morgan fingerprint density at radius 3 is 2.50 bits per heavy atom. The van der Waals surface area contributed by atoms with Crippen LogP contribution >= 0.6 is 0 Å². The van der Waals surface area contributed by atoms with E-state index in [0.717, 1.165) is 4.90 Å². The molecule has 1 spiro atoms. The van der Waals surface area contributed by atoms with Crippen molar-refractivity contribution in [2.24, 2.45) is 0 Å². The second kappa shape index (κ2) is 11.7. The Labute approximate surface area is 250 Å². The molecule has 0 bridgehead atoms. The fraction of sp³-hybridized carbons (Fsp3) is 0.370. The summed E-state index contributed by atoms with van der Waals surface area (Å²) in [7, 11) is -2.87. The quantitative estimate of drug-likeness (QED) is 0.270. The van der Waals surface area contributed by atoms with Crippen LogP contribution in [0.4, 0.5) is 24.5 Å². The summed E-state index contributed by atoms with van der Waals surface area (Å²) >= 11 is 0. The Bertz CT molecular complexity index is 1630. The number of amides is 6. The van der Waals surface area contributed by atoms with Crippen LogP contribution in [0.2, 0.25) is 0 Å². The number of benzene rings is 2. The zero-order valence-corrected chi connectivity index (χ0v) is 24.1. The van der Waals surface area contributed by atoms with Crippen LogP contribution in [-0.2, 0) is 43.1 Å². The fourth-order valence-electron chi connectivity index (χ4n) is 5.66. The maximum absolute atomic E-state index is 13.7. The number of anilines is 1. The number of carboxylic acid groups (broad SMARTS) is 1. The second-order valence-corrected chi connectivity index (χ2v) is 12.1. The molecule has 2 fully saturated rings. The van der Waals surface area contributed by atoms with Gasteiger partial charge >= 0.3 is 28.4 Å². The molecule has 15 nitrogen and oxygen atoms in total. The molecule has 1 aliphatic heterocycles. The third-order valence-corrected chi connectivity index (χ3v) is 8.91. The molecule has 0 aromatic heterocycles. The number of halogens is 1. The summed E-state index contributed by atoms with van der Waals surface area (Å²) in [5.74, 6) is -1.82. The number of imide groups is 1. The summed E-state index contributed by atoms with van der Waals surface area (Å²) in [6.45, 7) is -0.678. The molecule has 5 rings (SSSR count). The standard InChI is InChI=1S/C27H29FN6O9S/c1-29-24(37)30-18-6-7-21-16(10-18)8-9-27(21)23(36)34(26(40)43-27)14-22(35)33(13-15-2-4-17(28)5-3-15)20-11-19(12-20)31-44(41,42)32-25(38)39/h2-7,10,19-20,31-32H,8-9,11-14H2,1H3,(H,38,39)(H2,29,30,37)/t19?,20?,27-/m1/s1. The van der Waals surface area contributed by atoms with Crippen molar-refractivity contribution in [1.82, 2.24) is 24.6 Å². The number of fused-ring (bicyclic) bond motifs is 2. The number of carbonyl (C=O) groups is 5. The largest absolute Gasteiger partial charge is 0.464 e. The molecule has 1 saturated carbocycles. The third kappa shape index (κ3) is 6.14. The molecule has 234 valence electrons. The smallest absolute Gasteiger partial charge is 0.419 e. The van der Waals surface area contributed by atoms with E-state index in [-0.39, 0.29) is 25.8 Å². The van der Waals surface area contributed by atoms with Crippen LogP contribution in [0.5, 0.6) is 0 Å². The second-order valence-electron chi connectivity index (χ2n) is 10.7. The molecule has 6 amide bonds. The molecular formula is C27H29FN6O9S. The predicted molar refractivity (Wildman–Crippen MR) is 150 cm³/mol. The Morgan fingerprint density at radius 1 is 1.14 bits per heavy atom. The van der Waals surface area contributed by atoms with Crippen molar-refractivity contribution in [3.63, 3.8) is 0 Å². The van der Waals surface area contributed by atoms with Gasteiger partial charge in [-0.05, 0) is 54.7 Å². The number of urea groups is 1. The first-order chi connectivity index (χ1) is 20.8. The number of nitrogens with one attached hydrogen (secondary N) is 4. The van der Waals surface area contributed by atoms with E-state index in [1.165, 1.54) is 40.9 Å². The van der Waals surface area contributed by atoms with Gasteiger partial charge in [-0.25, -0.2) is 28.4 Å². The normalized spacial score (nSPS) is 22.2. The van der Waals surface area contributed by atoms with Gasteiger partial charge in [-0.1, -0.05) is 18.2 Å². The summed E-state index contributed by atoms with van der Waals surface area (Å²) in [6.07, 6.45) is -1.98. The van der Waals surface area contributed by atoms with Gasteiger partial charge in [0.1, 0.15) is 12.4 Å². The van der Waals surface area contributed by atoms with Gasteiger partial charge in [0, 0.05) is 43.3 Å². The molecule has 17 heteroatoms. The highest BCUT2D eigenvalue weighted by Crippen LogP contribution is 2.46. The number of carbonyl (C=O) groups excluding carboxylic acids is 4. The van der Waals surface area contributed by atoms with E-state index in [9.17, 15) is 36.8 Å². The van der Waals surface area contributed by atoms with Crippen molar-refractivity contribution in [1.29, 1.82) is 0 Å². The average molecular weight is 633 g/mol. The van der Waals surface area contributed by atoms with E-state index in [0.29, 0.717) is 28.8 Å². The Morgan fingerprint density at radius 2 is 1.84 bits per heavy atom. The lowest BCUT2D eigenvalue weighted by atomic mass is 9.86. The number of rotatable bonds is 9. The molecule has 2 aromatic carbocycles. The van der Waals surface area contributed by atoms with Crippen molar-refractivity contribution in [2.45, 2.75) is 49.9 Å². The molecular weight excluding hydrogens is 603 g/mol. The lowest BCUT2D eigenvalue weighted by Gasteiger charge is -2.43. The van der Waals surface area contributed by atoms with E-state index in [1.807, 2.05) is 0 Å². The molecule has 0 unspecified atom stereocenters. The van der Waals surface area contributed by atoms with E-state index >= 15 is 0 Å².